The van der Waals surface area contributed by atoms with E-state index in [1.54, 1.807) is 0 Å². The molecule has 4 saturated carbocycles. The van der Waals surface area contributed by atoms with Gasteiger partial charge in [-0.3, -0.25) is 4.99 Å². The molecule has 4 aliphatic carbocycles. The Kier molecular flexibility index (Phi) is 1.86. The smallest absolute Gasteiger partial charge is 0.206 e. The number of aliphatic imine (C=N–C) groups is 1. The first-order valence-corrected chi connectivity index (χ1v) is 7.20. The van der Waals surface area contributed by atoms with Crippen molar-refractivity contribution in [2.45, 2.75) is 37.0 Å². The van der Waals surface area contributed by atoms with Crippen molar-refractivity contribution < 1.29 is 0 Å². The number of hydrogen-bond acceptors (Lipinski definition) is 3. The van der Waals surface area contributed by atoms with E-state index in [9.17, 15) is 0 Å². The van der Waals surface area contributed by atoms with E-state index in [1.807, 2.05) is 18.8 Å². The normalized spacial score (nSPS) is 55.7. The molecular weight excluding hydrogens is 218 g/mol. The lowest BCUT2D eigenvalue weighted by atomic mass is 9.54. The molecule has 86 valence electrons. The molecular formula is C12H17N3S. The van der Waals surface area contributed by atoms with E-state index in [-0.39, 0.29) is 4.87 Å². The molecule has 5 rings (SSSR count). The molecule has 0 radical (unpaired) electrons. The van der Waals surface area contributed by atoms with Gasteiger partial charge in [-0.1, -0.05) is 11.8 Å². The Bertz CT molecular complexity index is 360. The Morgan fingerprint density at radius 2 is 1.75 bits per heavy atom. The zero-order valence-corrected chi connectivity index (χ0v) is 10.4. The van der Waals surface area contributed by atoms with E-state index < -0.39 is 0 Å². The van der Waals surface area contributed by atoms with Crippen molar-refractivity contribution in [3.63, 3.8) is 0 Å². The number of nitrogens with zero attached hydrogens (tertiary/aromatic N) is 3. The van der Waals surface area contributed by atoms with Crippen LogP contribution in [0.2, 0.25) is 0 Å². The van der Waals surface area contributed by atoms with Gasteiger partial charge < -0.3 is 0 Å². The van der Waals surface area contributed by atoms with Crippen molar-refractivity contribution in [3.05, 3.63) is 0 Å². The molecule has 5 aliphatic rings. The van der Waals surface area contributed by atoms with Crippen molar-refractivity contribution in [1.82, 2.24) is 0 Å². The molecule has 1 spiro atoms. The molecule has 0 aromatic rings. The van der Waals surface area contributed by atoms with Gasteiger partial charge in [0.1, 0.15) is 4.87 Å². The van der Waals surface area contributed by atoms with Crippen LogP contribution in [0.3, 0.4) is 0 Å². The molecule has 16 heavy (non-hydrogen) atoms. The van der Waals surface area contributed by atoms with Crippen molar-refractivity contribution in [2.24, 2.45) is 38.9 Å². The summed E-state index contributed by atoms with van der Waals surface area (Å²) >= 11 is 1.87. The van der Waals surface area contributed by atoms with Gasteiger partial charge in [0, 0.05) is 7.05 Å². The highest BCUT2D eigenvalue weighted by Crippen LogP contribution is 2.64. The molecule has 4 bridgehead atoms. The Hall–Kier alpha value is -0.380. The minimum absolute atomic E-state index is 0.113. The van der Waals surface area contributed by atoms with Crippen LogP contribution in [-0.4, -0.2) is 17.1 Å². The summed E-state index contributed by atoms with van der Waals surface area (Å²) in [4.78, 5) is 4.33. The molecule has 0 saturated heterocycles. The van der Waals surface area contributed by atoms with Crippen molar-refractivity contribution in [3.8, 4) is 0 Å². The Morgan fingerprint density at radius 3 is 2.25 bits per heavy atom. The summed E-state index contributed by atoms with van der Waals surface area (Å²) in [6.45, 7) is 0. The zero-order chi connectivity index (χ0) is 10.8. The molecule has 0 amide bonds. The minimum Gasteiger partial charge on any atom is -0.263 e. The standard InChI is InChI=1S/C12H17N3S/c1-13-11-14-15-12(16-11)9-3-7-2-8(5-9)6-10(12)4-7/h7-10H,2-6H2,1H3. The van der Waals surface area contributed by atoms with Gasteiger partial charge in [-0.05, 0) is 55.8 Å². The second-order valence-corrected chi connectivity index (χ2v) is 7.09. The predicted molar refractivity (Wildman–Crippen MR) is 65.6 cm³/mol. The van der Waals surface area contributed by atoms with E-state index >= 15 is 0 Å². The van der Waals surface area contributed by atoms with Gasteiger partial charge in [-0.25, -0.2) is 0 Å². The summed E-state index contributed by atoms with van der Waals surface area (Å²) < 4.78 is 0. The molecule has 4 fully saturated rings. The van der Waals surface area contributed by atoms with Crippen LogP contribution < -0.4 is 0 Å². The van der Waals surface area contributed by atoms with Gasteiger partial charge in [-0.2, -0.15) is 5.11 Å². The fraction of sp³-hybridized carbons (Fsp3) is 0.917. The minimum atomic E-state index is 0.113. The molecule has 3 nitrogen and oxygen atoms in total. The van der Waals surface area contributed by atoms with Crippen LogP contribution in [0.4, 0.5) is 0 Å². The highest BCUT2D eigenvalue weighted by atomic mass is 32.2. The quantitative estimate of drug-likeness (QED) is 0.634. The van der Waals surface area contributed by atoms with Crippen LogP contribution in [0.5, 0.6) is 0 Å². The molecule has 0 atom stereocenters. The molecule has 0 aromatic carbocycles. The van der Waals surface area contributed by atoms with Gasteiger partial charge in [0.05, 0.1) is 0 Å². The number of amidine groups is 1. The maximum absolute atomic E-state index is 4.68. The first-order valence-electron chi connectivity index (χ1n) is 6.39. The lowest BCUT2D eigenvalue weighted by Crippen LogP contribution is -2.54. The Labute approximate surface area is 100 Å². The highest BCUT2D eigenvalue weighted by Gasteiger charge is 2.60. The topological polar surface area (TPSA) is 37.1 Å². The van der Waals surface area contributed by atoms with Crippen molar-refractivity contribution in [2.75, 3.05) is 7.05 Å². The third kappa shape index (κ3) is 1.09. The van der Waals surface area contributed by atoms with Gasteiger partial charge in [-0.15, -0.1) is 5.11 Å². The highest BCUT2D eigenvalue weighted by molar-refractivity contribution is 8.15. The first-order chi connectivity index (χ1) is 7.80. The second kappa shape index (κ2) is 3.09. The SMILES string of the molecule is CN=C1N=NC2(S1)C1CC3CC(C1)CC2C3. The number of thioether (sulfide) groups is 1. The van der Waals surface area contributed by atoms with Gasteiger partial charge >= 0.3 is 0 Å². The Morgan fingerprint density at radius 1 is 1.12 bits per heavy atom. The number of hydrogen-bond donors (Lipinski definition) is 0. The summed E-state index contributed by atoms with van der Waals surface area (Å²) in [7, 11) is 1.83. The van der Waals surface area contributed by atoms with Crippen molar-refractivity contribution in [1.29, 1.82) is 0 Å². The van der Waals surface area contributed by atoms with Crippen LogP contribution >= 0.6 is 11.8 Å². The van der Waals surface area contributed by atoms with E-state index in [2.05, 4.69) is 15.2 Å². The monoisotopic (exact) mass is 235 g/mol. The van der Waals surface area contributed by atoms with E-state index in [4.69, 9.17) is 0 Å². The molecule has 0 unspecified atom stereocenters. The Balaban J connectivity index is 1.73. The fourth-order valence-corrected chi connectivity index (χ4v) is 5.85. The lowest BCUT2D eigenvalue weighted by molar-refractivity contribution is -0.0142. The maximum Gasteiger partial charge on any atom is 0.206 e. The van der Waals surface area contributed by atoms with Gasteiger partial charge in [0.2, 0.25) is 5.17 Å². The summed E-state index contributed by atoms with van der Waals surface area (Å²) in [5.41, 5.74) is 0. The molecule has 1 heterocycles. The third-order valence-electron chi connectivity index (χ3n) is 5.05. The van der Waals surface area contributed by atoms with Crippen LogP contribution in [0.1, 0.15) is 32.1 Å². The largest absolute Gasteiger partial charge is 0.263 e. The zero-order valence-electron chi connectivity index (χ0n) is 9.59. The average molecular weight is 235 g/mol. The first kappa shape index (κ1) is 9.63. The molecule has 4 heteroatoms. The fourth-order valence-electron chi connectivity index (χ4n) is 4.59. The van der Waals surface area contributed by atoms with Gasteiger partial charge in [0.25, 0.3) is 0 Å². The molecule has 0 N–H and O–H groups in total. The van der Waals surface area contributed by atoms with Gasteiger partial charge in [0.15, 0.2) is 0 Å². The van der Waals surface area contributed by atoms with Crippen molar-refractivity contribution >= 4 is 16.9 Å². The second-order valence-electron chi connectivity index (χ2n) is 5.86. The summed E-state index contributed by atoms with van der Waals surface area (Å²) in [5.74, 6) is 3.59. The van der Waals surface area contributed by atoms with Crippen LogP contribution in [0, 0.1) is 23.7 Å². The van der Waals surface area contributed by atoms with E-state index in [0.717, 1.165) is 28.8 Å². The van der Waals surface area contributed by atoms with E-state index in [0.29, 0.717) is 0 Å². The summed E-state index contributed by atoms with van der Waals surface area (Å²) in [6.07, 6.45) is 7.09. The van der Waals surface area contributed by atoms with E-state index in [1.165, 1.54) is 32.1 Å². The van der Waals surface area contributed by atoms with Crippen LogP contribution in [0.25, 0.3) is 0 Å². The summed E-state index contributed by atoms with van der Waals surface area (Å²) in [6, 6.07) is 0. The maximum atomic E-state index is 4.68. The lowest BCUT2D eigenvalue weighted by Gasteiger charge is -2.57. The average Bonchev–Trinajstić information content (AvgIpc) is 2.70. The number of rotatable bonds is 0. The molecule has 0 aromatic heterocycles. The third-order valence-corrected chi connectivity index (χ3v) is 6.57. The van der Waals surface area contributed by atoms with Crippen LogP contribution in [0.15, 0.2) is 15.2 Å². The summed E-state index contributed by atoms with van der Waals surface area (Å²) in [5, 5.41) is 9.88. The van der Waals surface area contributed by atoms with Crippen LogP contribution in [-0.2, 0) is 0 Å². The predicted octanol–water partition coefficient (Wildman–Crippen LogP) is 3.32. The number of azo groups is 1. The molecule has 1 aliphatic heterocycles.